The number of ether oxygens (including phenoxy) is 1. The molecule has 6 heteroatoms. The zero-order valence-electron chi connectivity index (χ0n) is 9.35. The third-order valence-electron chi connectivity index (χ3n) is 2.72. The molecule has 0 bridgehead atoms. The third-order valence-corrected chi connectivity index (χ3v) is 4.49. The average molecular weight is 236 g/mol. The molecule has 0 aromatic carbocycles. The Morgan fingerprint density at radius 3 is 2.60 bits per heavy atom. The van der Waals surface area contributed by atoms with Gasteiger partial charge >= 0.3 is 0 Å². The Morgan fingerprint density at radius 1 is 1.47 bits per heavy atom. The fourth-order valence-electron chi connectivity index (χ4n) is 1.61. The van der Waals surface area contributed by atoms with Crippen LogP contribution in [0.3, 0.4) is 0 Å². The van der Waals surface area contributed by atoms with Crippen molar-refractivity contribution in [2.45, 2.75) is 19.9 Å². The summed E-state index contributed by atoms with van der Waals surface area (Å²) in [4.78, 5) is 0. The van der Waals surface area contributed by atoms with Crippen LogP contribution in [0, 0.1) is 5.92 Å². The zero-order valence-corrected chi connectivity index (χ0v) is 10.2. The van der Waals surface area contributed by atoms with Crippen molar-refractivity contribution in [3.63, 3.8) is 0 Å². The quantitative estimate of drug-likeness (QED) is 0.661. The first-order valence-corrected chi connectivity index (χ1v) is 6.89. The Bertz CT molecular complexity index is 282. The van der Waals surface area contributed by atoms with Crippen LogP contribution in [0.15, 0.2) is 0 Å². The number of sulfonamides is 1. The van der Waals surface area contributed by atoms with Gasteiger partial charge in [-0.15, -0.1) is 0 Å². The molecule has 0 radical (unpaired) electrons. The molecule has 0 aromatic rings. The Morgan fingerprint density at radius 2 is 2.13 bits per heavy atom. The van der Waals surface area contributed by atoms with E-state index in [1.165, 1.54) is 4.31 Å². The molecular weight excluding hydrogens is 216 g/mol. The summed E-state index contributed by atoms with van der Waals surface area (Å²) >= 11 is 0. The lowest BCUT2D eigenvalue weighted by Gasteiger charge is -2.15. The van der Waals surface area contributed by atoms with Gasteiger partial charge in [0.1, 0.15) is 0 Å². The van der Waals surface area contributed by atoms with Crippen molar-refractivity contribution in [3.8, 4) is 0 Å². The molecule has 5 nitrogen and oxygen atoms in total. The maximum atomic E-state index is 11.8. The van der Waals surface area contributed by atoms with Gasteiger partial charge in [-0.1, -0.05) is 6.92 Å². The minimum absolute atomic E-state index is 0.0353. The van der Waals surface area contributed by atoms with Crippen molar-refractivity contribution in [1.82, 2.24) is 4.31 Å². The minimum Gasteiger partial charge on any atom is -0.381 e. The summed E-state index contributed by atoms with van der Waals surface area (Å²) in [6.07, 6.45) is 0. The topological polar surface area (TPSA) is 72.6 Å². The summed E-state index contributed by atoms with van der Waals surface area (Å²) in [7, 11) is -3.17. The molecule has 2 atom stereocenters. The van der Waals surface area contributed by atoms with Crippen molar-refractivity contribution in [1.29, 1.82) is 0 Å². The molecule has 0 aromatic heterocycles. The Balaban J connectivity index is 2.48. The maximum Gasteiger partial charge on any atom is 0.216 e. The van der Waals surface area contributed by atoms with E-state index < -0.39 is 10.0 Å². The van der Waals surface area contributed by atoms with Gasteiger partial charge in [-0.25, -0.2) is 8.42 Å². The van der Waals surface area contributed by atoms with E-state index in [4.69, 9.17) is 10.5 Å². The monoisotopic (exact) mass is 236 g/mol. The van der Waals surface area contributed by atoms with Gasteiger partial charge in [0.05, 0.1) is 12.4 Å². The second-order valence-electron chi connectivity index (χ2n) is 3.97. The summed E-state index contributed by atoms with van der Waals surface area (Å²) in [6, 6.07) is -0.0353. The molecule has 1 fully saturated rings. The summed E-state index contributed by atoms with van der Waals surface area (Å²) in [5.41, 5.74) is 5.78. The van der Waals surface area contributed by atoms with Crippen LogP contribution >= 0.6 is 0 Å². The Labute approximate surface area is 91.6 Å². The summed E-state index contributed by atoms with van der Waals surface area (Å²) in [5, 5.41) is 0. The molecular formula is C9H20N2O3S. The lowest BCUT2D eigenvalue weighted by Crippen LogP contribution is -2.34. The molecule has 90 valence electrons. The fourth-order valence-corrected chi connectivity index (χ4v) is 3.06. The number of nitrogens with two attached hydrogens (primary N) is 1. The van der Waals surface area contributed by atoms with E-state index in [1.807, 2.05) is 13.8 Å². The van der Waals surface area contributed by atoms with Gasteiger partial charge in [0.15, 0.2) is 0 Å². The predicted octanol–water partition coefficient (Wildman–Crippen LogP) is -0.368. The predicted molar refractivity (Wildman–Crippen MR) is 59.0 cm³/mol. The number of hydrogen-bond donors (Lipinski definition) is 1. The highest BCUT2D eigenvalue weighted by Gasteiger charge is 2.33. The van der Waals surface area contributed by atoms with Crippen molar-refractivity contribution >= 4 is 10.0 Å². The van der Waals surface area contributed by atoms with Crippen LogP contribution in [0.5, 0.6) is 0 Å². The maximum absolute atomic E-state index is 11.8. The molecule has 1 rings (SSSR count). The molecule has 1 heterocycles. The second-order valence-corrected chi connectivity index (χ2v) is 6.06. The van der Waals surface area contributed by atoms with Crippen LogP contribution < -0.4 is 5.73 Å². The van der Waals surface area contributed by atoms with Crippen LogP contribution in [-0.2, 0) is 14.8 Å². The molecule has 0 aliphatic carbocycles. The second kappa shape index (κ2) is 5.25. The van der Waals surface area contributed by atoms with Gasteiger partial charge in [-0.3, -0.25) is 0 Å². The normalized spacial score (nSPS) is 28.5. The largest absolute Gasteiger partial charge is 0.381 e. The van der Waals surface area contributed by atoms with Gasteiger partial charge in [0, 0.05) is 25.7 Å². The standard InChI is InChI=1S/C9H20N2O3S/c1-3-14-4-5-15(12,13)11-6-8(2)9(10)7-11/h8-9H,3-7,10H2,1-2H3. The van der Waals surface area contributed by atoms with E-state index in [2.05, 4.69) is 0 Å². The molecule has 1 saturated heterocycles. The van der Waals surface area contributed by atoms with E-state index >= 15 is 0 Å². The van der Waals surface area contributed by atoms with Gasteiger partial charge in [0.2, 0.25) is 10.0 Å². The van der Waals surface area contributed by atoms with Gasteiger partial charge in [-0.2, -0.15) is 4.31 Å². The van der Waals surface area contributed by atoms with Crippen molar-refractivity contribution in [2.75, 3.05) is 32.1 Å². The number of nitrogens with zero attached hydrogens (tertiary/aromatic N) is 1. The van der Waals surface area contributed by atoms with Crippen LogP contribution in [0.2, 0.25) is 0 Å². The minimum atomic E-state index is -3.17. The molecule has 2 N–H and O–H groups in total. The van der Waals surface area contributed by atoms with E-state index in [0.717, 1.165) is 0 Å². The van der Waals surface area contributed by atoms with Gasteiger partial charge in [0.25, 0.3) is 0 Å². The fraction of sp³-hybridized carbons (Fsp3) is 1.00. The van der Waals surface area contributed by atoms with Gasteiger partial charge in [-0.05, 0) is 12.8 Å². The number of rotatable bonds is 5. The van der Waals surface area contributed by atoms with Crippen molar-refractivity contribution in [3.05, 3.63) is 0 Å². The molecule has 0 spiro atoms. The molecule has 15 heavy (non-hydrogen) atoms. The summed E-state index contributed by atoms with van der Waals surface area (Å²) in [6.45, 7) is 5.61. The van der Waals surface area contributed by atoms with Crippen molar-refractivity contribution < 1.29 is 13.2 Å². The lowest BCUT2D eigenvalue weighted by atomic mass is 10.1. The lowest BCUT2D eigenvalue weighted by molar-refractivity contribution is 0.162. The van der Waals surface area contributed by atoms with Crippen molar-refractivity contribution in [2.24, 2.45) is 11.7 Å². The molecule has 0 amide bonds. The first-order chi connectivity index (χ1) is 6.97. The highest BCUT2D eigenvalue weighted by atomic mass is 32.2. The average Bonchev–Trinajstić information content (AvgIpc) is 2.48. The van der Waals surface area contributed by atoms with E-state index in [9.17, 15) is 8.42 Å². The van der Waals surface area contributed by atoms with E-state index in [1.54, 1.807) is 0 Å². The Kier molecular flexibility index (Phi) is 4.51. The van der Waals surface area contributed by atoms with E-state index in [-0.39, 0.29) is 24.3 Å². The SMILES string of the molecule is CCOCCS(=O)(=O)N1CC(C)C(N)C1. The molecule has 2 unspecified atom stereocenters. The Hall–Kier alpha value is -0.170. The first-order valence-electron chi connectivity index (χ1n) is 5.28. The van der Waals surface area contributed by atoms with Crippen LogP contribution in [-0.4, -0.2) is 50.8 Å². The van der Waals surface area contributed by atoms with Crippen LogP contribution in [0.4, 0.5) is 0 Å². The van der Waals surface area contributed by atoms with E-state index in [0.29, 0.717) is 19.7 Å². The summed E-state index contributed by atoms with van der Waals surface area (Å²) in [5.74, 6) is 0.298. The molecule has 0 saturated carbocycles. The summed E-state index contributed by atoms with van der Waals surface area (Å²) < 4.78 is 30.1. The highest BCUT2D eigenvalue weighted by Crippen LogP contribution is 2.18. The zero-order chi connectivity index (χ0) is 11.5. The first kappa shape index (κ1) is 12.9. The molecule has 1 aliphatic rings. The molecule has 1 aliphatic heterocycles. The van der Waals surface area contributed by atoms with Gasteiger partial charge < -0.3 is 10.5 Å². The van der Waals surface area contributed by atoms with Crippen LogP contribution in [0.1, 0.15) is 13.8 Å². The third kappa shape index (κ3) is 3.41. The smallest absolute Gasteiger partial charge is 0.216 e. The van der Waals surface area contributed by atoms with Crippen LogP contribution in [0.25, 0.3) is 0 Å². The highest BCUT2D eigenvalue weighted by molar-refractivity contribution is 7.89. The number of hydrogen-bond acceptors (Lipinski definition) is 4.